The average molecular weight is 215 g/mol. The molecular formula is C9H9N7. The van der Waals surface area contributed by atoms with Crippen molar-refractivity contribution in [2.45, 2.75) is 13.0 Å². The monoisotopic (exact) mass is 215 g/mol. The Hall–Kier alpha value is -2.49. The van der Waals surface area contributed by atoms with Crippen LogP contribution in [0, 0.1) is 11.3 Å². The highest BCUT2D eigenvalue weighted by molar-refractivity contribution is 5.40. The fraction of sp³-hybridized carbons (Fsp3) is 0.222. The van der Waals surface area contributed by atoms with Crippen LogP contribution >= 0.6 is 0 Å². The van der Waals surface area contributed by atoms with Crippen LogP contribution in [0.4, 0.5) is 5.82 Å². The molecule has 16 heavy (non-hydrogen) atoms. The van der Waals surface area contributed by atoms with Gasteiger partial charge in [0.15, 0.2) is 5.82 Å². The summed E-state index contributed by atoms with van der Waals surface area (Å²) in [6.07, 6.45) is 1.51. The zero-order valence-electron chi connectivity index (χ0n) is 8.55. The van der Waals surface area contributed by atoms with E-state index >= 15 is 0 Å². The normalized spacial score (nSPS) is 11.8. The topological polar surface area (TPSA) is 103 Å². The minimum atomic E-state index is -0.0980. The molecule has 0 saturated carbocycles. The third-order valence-corrected chi connectivity index (χ3v) is 2.01. The zero-order chi connectivity index (χ0) is 11.4. The van der Waals surface area contributed by atoms with Gasteiger partial charge in [-0.1, -0.05) is 5.21 Å². The molecule has 1 unspecified atom stereocenters. The first kappa shape index (κ1) is 10.0. The van der Waals surface area contributed by atoms with E-state index in [-0.39, 0.29) is 6.04 Å². The van der Waals surface area contributed by atoms with E-state index in [0.29, 0.717) is 17.2 Å². The first-order valence-corrected chi connectivity index (χ1v) is 4.65. The smallest absolute Gasteiger partial charge is 0.196 e. The maximum absolute atomic E-state index is 8.62. The molecule has 0 radical (unpaired) electrons. The van der Waals surface area contributed by atoms with Gasteiger partial charge in [-0.25, -0.2) is 4.98 Å². The highest BCUT2D eigenvalue weighted by atomic mass is 15.5. The highest BCUT2D eigenvalue weighted by Gasteiger charge is 2.09. The number of nitrogens with one attached hydrogen (secondary N) is 2. The van der Waals surface area contributed by atoms with Crippen molar-refractivity contribution in [3.05, 3.63) is 29.7 Å². The molecule has 2 aromatic heterocycles. The van der Waals surface area contributed by atoms with Gasteiger partial charge in [-0.05, 0) is 19.1 Å². The SMILES string of the molecule is CC(Nc1ccc(C#N)cn1)c1nn[nH]n1. The Morgan fingerprint density at radius 1 is 1.50 bits per heavy atom. The molecule has 1 atom stereocenters. The molecule has 2 heterocycles. The van der Waals surface area contributed by atoms with Gasteiger partial charge < -0.3 is 5.32 Å². The molecule has 0 aromatic carbocycles. The van der Waals surface area contributed by atoms with Crippen molar-refractivity contribution < 1.29 is 0 Å². The standard InChI is InChI=1S/C9H9N7/c1-6(9-13-15-16-14-9)12-8-3-2-7(4-10)5-11-8/h2-3,5-6H,1H3,(H,11,12)(H,13,14,15,16). The summed E-state index contributed by atoms with van der Waals surface area (Å²) in [7, 11) is 0. The van der Waals surface area contributed by atoms with Crippen molar-refractivity contribution in [3.8, 4) is 6.07 Å². The average Bonchev–Trinajstić information content (AvgIpc) is 2.83. The minimum absolute atomic E-state index is 0.0980. The number of hydrogen-bond donors (Lipinski definition) is 2. The third kappa shape index (κ3) is 2.12. The summed E-state index contributed by atoms with van der Waals surface area (Å²) >= 11 is 0. The quantitative estimate of drug-likeness (QED) is 0.778. The Kier molecular flexibility index (Phi) is 2.73. The number of hydrogen-bond acceptors (Lipinski definition) is 6. The van der Waals surface area contributed by atoms with Gasteiger partial charge in [-0.2, -0.15) is 10.5 Å². The Labute approximate surface area is 91.5 Å². The van der Waals surface area contributed by atoms with E-state index in [1.54, 1.807) is 12.1 Å². The molecule has 7 nitrogen and oxygen atoms in total. The van der Waals surface area contributed by atoms with Crippen LogP contribution in [-0.4, -0.2) is 25.6 Å². The highest BCUT2D eigenvalue weighted by Crippen LogP contribution is 2.13. The van der Waals surface area contributed by atoms with E-state index in [1.165, 1.54) is 6.20 Å². The van der Waals surface area contributed by atoms with Gasteiger partial charge in [0.2, 0.25) is 0 Å². The summed E-state index contributed by atoms with van der Waals surface area (Å²) in [6, 6.07) is 5.33. The van der Waals surface area contributed by atoms with Gasteiger partial charge in [-0.15, -0.1) is 10.2 Å². The molecule has 0 spiro atoms. The molecule has 0 aliphatic heterocycles. The summed E-state index contributed by atoms with van der Waals surface area (Å²) in [5, 5.41) is 25.3. The lowest BCUT2D eigenvalue weighted by molar-refractivity contribution is 0.788. The summed E-state index contributed by atoms with van der Waals surface area (Å²) in [4.78, 5) is 4.08. The number of tetrazole rings is 1. The molecule has 0 amide bonds. The maximum atomic E-state index is 8.62. The van der Waals surface area contributed by atoms with Crippen molar-refractivity contribution >= 4 is 5.82 Å². The molecule has 0 saturated heterocycles. The Balaban J connectivity index is 2.07. The molecular weight excluding hydrogens is 206 g/mol. The number of rotatable bonds is 3. The van der Waals surface area contributed by atoms with E-state index in [9.17, 15) is 0 Å². The number of aromatic amines is 1. The summed E-state index contributed by atoms with van der Waals surface area (Å²) in [6.45, 7) is 1.89. The van der Waals surface area contributed by atoms with E-state index in [0.717, 1.165) is 0 Å². The maximum Gasteiger partial charge on any atom is 0.196 e. The zero-order valence-corrected chi connectivity index (χ0v) is 8.55. The molecule has 2 rings (SSSR count). The van der Waals surface area contributed by atoms with Crippen LogP contribution in [0.25, 0.3) is 0 Å². The van der Waals surface area contributed by atoms with E-state index in [4.69, 9.17) is 5.26 Å². The second-order valence-electron chi connectivity index (χ2n) is 3.18. The molecule has 7 heteroatoms. The van der Waals surface area contributed by atoms with Gasteiger partial charge in [-0.3, -0.25) is 0 Å². The molecule has 0 bridgehead atoms. The molecule has 0 aliphatic rings. The number of nitriles is 1. The molecule has 0 fully saturated rings. The van der Waals surface area contributed by atoms with E-state index in [1.807, 2.05) is 13.0 Å². The van der Waals surface area contributed by atoms with Gasteiger partial charge in [0.1, 0.15) is 11.9 Å². The molecule has 2 N–H and O–H groups in total. The van der Waals surface area contributed by atoms with Crippen LogP contribution in [0.2, 0.25) is 0 Å². The second kappa shape index (κ2) is 4.35. The fourth-order valence-electron chi connectivity index (χ4n) is 1.18. The number of nitrogens with zero attached hydrogens (tertiary/aromatic N) is 5. The van der Waals surface area contributed by atoms with Crippen molar-refractivity contribution in [2.24, 2.45) is 0 Å². The Morgan fingerprint density at radius 3 is 2.94 bits per heavy atom. The summed E-state index contributed by atoms with van der Waals surface area (Å²) in [5.74, 6) is 1.22. The number of pyridine rings is 1. The first-order valence-electron chi connectivity index (χ1n) is 4.65. The lowest BCUT2D eigenvalue weighted by Crippen LogP contribution is -2.09. The Morgan fingerprint density at radius 2 is 2.38 bits per heavy atom. The lowest BCUT2D eigenvalue weighted by Gasteiger charge is -2.09. The van der Waals surface area contributed by atoms with Crippen LogP contribution in [0.3, 0.4) is 0 Å². The second-order valence-corrected chi connectivity index (χ2v) is 3.18. The van der Waals surface area contributed by atoms with Crippen molar-refractivity contribution in [1.29, 1.82) is 5.26 Å². The van der Waals surface area contributed by atoms with Crippen LogP contribution in [0.15, 0.2) is 18.3 Å². The van der Waals surface area contributed by atoms with Gasteiger partial charge in [0.25, 0.3) is 0 Å². The predicted molar refractivity (Wildman–Crippen MR) is 55.2 cm³/mol. The molecule has 0 aliphatic carbocycles. The van der Waals surface area contributed by atoms with E-state index in [2.05, 4.69) is 30.9 Å². The fourth-order valence-corrected chi connectivity index (χ4v) is 1.18. The van der Waals surface area contributed by atoms with Crippen molar-refractivity contribution in [3.63, 3.8) is 0 Å². The van der Waals surface area contributed by atoms with Gasteiger partial charge in [0.05, 0.1) is 11.6 Å². The minimum Gasteiger partial charge on any atom is -0.360 e. The number of H-pyrrole nitrogens is 1. The lowest BCUT2D eigenvalue weighted by atomic mass is 10.3. The summed E-state index contributed by atoms with van der Waals surface area (Å²) in [5.41, 5.74) is 0.526. The van der Waals surface area contributed by atoms with Crippen molar-refractivity contribution in [1.82, 2.24) is 25.6 Å². The largest absolute Gasteiger partial charge is 0.360 e. The van der Waals surface area contributed by atoms with Crippen molar-refractivity contribution in [2.75, 3.05) is 5.32 Å². The number of anilines is 1. The molecule has 80 valence electrons. The van der Waals surface area contributed by atoms with Crippen LogP contribution < -0.4 is 5.32 Å². The number of aromatic nitrogens is 5. The Bertz CT molecular complexity index is 482. The third-order valence-electron chi connectivity index (χ3n) is 2.01. The molecule has 2 aromatic rings. The van der Waals surface area contributed by atoms with Gasteiger partial charge >= 0.3 is 0 Å². The predicted octanol–water partition coefficient (Wildman–Crippen LogP) is 0.639. The van der Waals surface area contributed by atoms with Crippen LogP contribution in [-0.2, 0) is 0 Å². The van der Waals surface area contributed by atoms with E-state index < -0.39 is 0 Å². The van der Waals surface area contributed by atoms with Crippen LogP contribution in [0.5, 0.6) is 0 Å². The van der Waals surface area contributed by atoms with Gasteiger partial charge in [0, 0.05) is 6.20 Å². The first-order chi connectivity index (χ1) is 7.79. The summed E-state index contributed by atoms with van der Waals surface area (Å²) < 4.78 is 0. The van der Waals surface area contributed by atoms with Crippen LogP contribution in [0.1, 0.15) is 24.4 Å².